The SMILES string of the molecule is COCOC[C@@H]1[C@@H](CO)C=C[C@H]1COC(C)=O. The largest absolute Gasteiger partial charge is 0.465 e. The van der Waals surface area contributed by atoms with Crippen LogP contribution in [0.15, 0.2) is 12.2 Å². The van der Waals surface area contributed by atoms with E-state index >= 15 is 0 Å². The topological polar surface area (TPSA) is 65.0 Å². The van der Waals surface area contributed by atoms with E-state index in [0.29, 0.717) is 13.2 Å². The quantitative estimate of drug-likeness (QED) is 0.307. The molecule has 0 aromatic carbocycles. The molecule has 0 aliphatic heterocycles. The molecule has 1 aliphatic rings. The van der Waals surface area contributed by atoms with Gasteiger partial charge in [-0.25, -0.2) is 0 Å². The van der Waals surface area contributed by atoms with E-state index in [1.54, 1.807) is 7.11 Å². The summed E-state index contributed by atoms with van der Waals surface area (Å²) in [6, 6.07) is 0. The minimum atomic E-state index is -0.289. The van der Waals surface area contributed by atoms with Crippen molar-refractivity contribution in [3.63, 3.8) is 0 Å². The number of methoxy groups -OCH3 is 1. The highest BCUT2D eigenvalue weighted by Gasteiger charge is 2.32. The van der Waals surface area contributed by atoms with Gasteiger partial charge in [0.2, 0.25) is 0 Å². The van der Waals surface area contributed by atoms with Crippen molar-refractivity contribution < 1.29 is 24.1 Å². The van der Waals surface area contributed by atoms with Gasteiger partial charge in [0.05, 0.1) is 13.2 Å². The first kappa shape index (κ1) is 14.2. The summed E-state index contributed by atoms with van der Waals surface area (Å²) in [6.07, 6.45) is 3.93. The van der Waals surface area contributed by atoms with E-state index in [0.717, 1.165) is 0 Å². The van der Waals surface area contributed by atoms with Gasteiger partial charge in [-0.1, -0.05) is 12.2 Å². The van der Waals surface area contributed by atoms with Crippen LogP contribution in [-0.2, 0) is 19.0 Å². The molecule has 0 saturated carbocycles. The van der Waals surface area contributed by atoms with Gasteiger partial charge in [-0.05, 0) is 0 Å². The zero-order valence-corrected chi connectivity index (χ0v) is 10.3. The summed E-state index contributed by atoms with van der Waals surface area (Å²) < 4.78 is 15.1. The monoisotopic (exact) mass is 244 g/mol. The van der Waals surface area contributed by atoms with Gasteiger partial charge < -0.3 is 19.3 Å². The van der Waals surface area contributed by atoms with Crippen LogP contribution in [0.1, 0.15) is 6.92 Å². The lowest BCUT2D eigenvalue weighted by Crippen LogP contribution is -2.27. The number of esters is 1. The Labute approximate surface area is 101 Å². The second-order valence-electron chi connectivity index (χ2n) is 4.14. The van der Waals surface area contributed by atoms with Crippen molar-refractivity contribution in [3.05, 3.63) is 12.2 Å². The molecule has 0 bridgehead atoms. The van der Waals surface area contributed by atoms with Crippen LogP contribution < -0.4 is 0 Å². The maximum atomic E-state index is 10.8. The normalized spacial score (nSPS) is 27.4. The van der Waals surface area contributed by atoms with Crippen molar-refractivity contribution in [2.75, 3.05) is 33.7 Å². The number of rotatable bonds is 7. The Balaban J connectivity index is 2.43. The lowest BCUT2D eigenvalue weighted by Gasteiger charge is -2.23. The van der Waals surface area contributed by atoms with Gasteiger partial charge in [0.25, 0.3) is 0 Å². The maximum absolute atomic E-state index is 10.8. The Kier molecular flexibility index (Phi) is 6.18. The Morgan fingerprint density at radius 3 is 2.59 bits per heavy atom. The lowest BCUT2D eigenvalue weighted by molar-refractivity contribution is -0.142. The zero-order valence-electron chi connectivity index (χ0n) is 10.3. The fraction of sp³-hybridized carbons (Fsp3) is 0.750. The average molecular weight is 244 g/mol. The minimum absolute atomic E-state index is 0.0624. The summed E-state index contributed by atoms with van der Waals surface area (Å²) >= 11 is 0. The summed E-state index contributed by atoms with van der Waals surface area (Å²) in [5, 5.41) is 9.24. The Morgan fingerprint density at radius 1 is 1.29 bits per heavy atom. The van der Waals surface area contributed by atoms with E-state index < -0.39 is 0 Å². The van der Waals surface area contributed by atoms with Gasteiger partial charge in [-0.3, -0.25) is 4.79 Å². The highest BCUT2D eigenvalue weighted by molar-refractivity contribution is 5.65. The number of ether oxygens (including phenoxy) is 3. The number of carbonyl (C=O) groups is 1. The van der Waals surface area contributed by atoms with Crippen LogP contribution in [0.4, 0.5) is 0 Å². The molecule has 17 heavy (non-hydrogen) atoms. The van der Waals surface area contributed by atoms with E-state index in [1.165, 1.54) is 6.92 Å². The summed E-state index contributed by atoms with van der Waals surface area (Å²) in [7, 11) is 1.56. The third kappa shape index (κ3) is 4.46. The van der Waals surface area contributed by atoms with Crippen LogP contribution in [0, 0.1) is 17.8 Å². The first-order valence-electron chi connectivity index (χ1n) is 5.68. The molecule has 98 valence electrons. The molecule has 0 unspecified atom stereocenters. The van der Waals surface area contributed by atoms with Crippen molar-refractivity contribution in [3.8, 4) is 0 Å². The highest BCUT2D eigenvalue weighted by Crippen LogP contribution is 2.31. The number of aliphatic hydroxyl groups excluding tert-OH is 1. The minimum Gasteiger partial charge on any atom is -0.465 e. The number of hydrogen-bond donors (Lipinski definition) is 1. The molecule has 0 fully saturated rings. The Bertz CT molecular complexity index is 264. The van der Waals surface area contributed by atoms with Gasteiger partial charge in [0, 0.05) is 38.4 Å². The first-order valence-corrected chi connectivity index (χ1v) is 5.68. The van der Waals surface area contributed by atoms with Crippen molar-refractivity contribution in [1.29, 1.82) is 0 Å². The predicted octanol–water partition coefficient (Wildman–Crippen LogP) is 0.581. The lowest BCUT2D eigenvalue weighted by atomic mass is 9.89. The van der Waals surface area contributed by atoms with E-state index in [1.807, 2.05) is 12.2 Å². The predicted molar refractivity (Wildman–Crippen MR) is 61.2 cm³/mol. The standard InChI is InChI=1S/C12H20O5/c1-9(14)17-6-11-4-3-10(5-13)12(11)7-16-8-15-2/h3-4,10-13H,5-8H2,1-2H3/t10-,11+,12-/m1/s1. The van der Waals surface area contributed by atoms with E-state index in [4.69, 9.17) is 14.2 Å². The number of aliphatic hydroxyl groups is 1. The summed E-state index contributed by atoms with van der Waals surface area (Å²) in [5.74, 6) is 0.0113. The van der Waals surface area contributed by atoms with E-state index in [-0.39, 0.29) is 37.1 Å². The third-order valence-corrected chi connectivity index (χ3v) is 2.91. The van der Waals surface area contributed by atoms with Crippen molar-refractivity contribution in [2.45, 2.75) is 6.92 Å². The Hall–Kier alpha value is -0.910. The van der Waals surface area contributed by atoms with Crippen LogP contribution in [-0.4, -0.2) is 44.8 Å². The number of carbonyl (C=O) groups excluding carboxylic acids is 1. The van der Waals surface area contributed by atoms with Crippen LogP contribution in [0.5, 0.6) is 0 Å². The van der Waals surface area contributed by atoms with Gasteiger partial charge in [0.15, 0.2) is 0 Å². The Morgan fingerprint density at radius 2 is 2.00 bits per heavy atom. The molecular weight excluding hydrogens is 224 g/mol. The molecule has 1 rings (SSSR count). The molecule has 0 heterocycles. The van der Waals surface area contributed by atoms with Gasteiger partial charge in [-0.15, -0.1) is 0 Å². The molecule has 0 spiro atoms. The van der Waals surface area contributed by atoms with Gasteiger partial charge >= 0.3 is 5.97 Å². The highest BCUT2D eigenvalue weighted by atomic mass is 16.7. The van der Waals surface area contributed by atoms with Crippen molar-refractivity contribution >= 4 is 5.97 Å². The van der Waals surface area contributed by atoms with Crippen molar-refractivity contribution in [2.24, 2.45) is 17.8 Å². The van der Waals surface area contributed by atoms with E-state index in [2.05, 4.69) is 0 Å². The molecule has 0 amide bonds. The molecule has 0 aromatic rings. The van der Waals surface area contributed by atoms with E-state index in [9.17, 15) is 9.90 Å². The number of hydrogen-bond acceptors (Lipinski definition) is 5. The average Bonchev–Trinajstić information content (AvgIpc) is 2.69. The molecule has 5 heteroatoms. The maximum Gasteiger partial charge on any atom is 0.302 e. The molecule has 5 nitrogen and oxygen atoms in total. The summed E-state index contributed by atoms with van der Waals surface area (Å²) in [6.45, 7) is 2.52. The molecule has 0 aromatic heterocycles. The molecule has 0 saturated heterocycles. The fourth-order valence-electron chi connectivity index (χ4n) is 1.99. The second-order valence-corrected chi connectivity index (χ2v) is 4.14. The van der Waals surface area contributed by atoms with Gasteiger partial charge in [0.1, 0.15) is 6.79 Å². The van der Waals surface area contributed by atoms with Crippen LogP contribution >= 0.6 is 0 Å². The molecule has 1 aliphatic carbocycles. The smallest absolute Gasteiger partial charge is 0.302 e. The molecular formula is C12H20O5. The molecule has 3 atom stereocenters. The van der Waals surface area contributed by atoms with Crippen LogP contribution in [0.2, 0.25) is 0 Å². The second kappa shape index (κ2) is 7.42. The first-order chi connectivity index (χ1) is 8.19. The molecule has 1 N–H and O–H groups in total. The van der Waals surface area contributed by atoms with Crippen molar-refractivity contribution in [1.82, 2.24) is 0 Å². The summed E-state index contributed by atoms with van der Waals surface area (Å²) in [4.78, 5) is 10.8. The van der Waals surface area contributed by atoms with Gasteiger partial charge in [-0.2, -0.15) is 0 Å². The third-order valence-electron chi connectivity index (χ3n) is 2.91. The summed E-state index contributed by atoms with van der Waals surface area (Å²) in [5.41, 5.74) is 0. The van der Waals surface area contributed by atoms with Crippen LogP contribution in [0.3, 0.4) is 0 Å². The fourth-order valence-corrected chi connectivity index (χ4v) is 1.99. The zero-order chi connectivity index (χ0) is 12.7. The van der Waals surface area contributed by atoms with Crippen LogP contribution in [0.25, 0.3) is 0 Å². The molecule has 0 radical (unpaired) electrons.